The predicted octanol–water partition coefficient (Wildman–Crippen LogP) is 3.81. The van der Waals surface area contributed by atoms with Crippen LogP contribution in [0.2, 0.25) is 4.47 Å². The second kappa shape index (κ2) is 5.48. The first kappa shape index (κ1) is 12.3. The minimum atomic E-state index is 0.653. The Morgan fingerprint density at radius 2 is 2.25 bits per heavy atom. The number of hydrogen-bond donors (Lipinski definition) is 0. The third-order valence-corrected chi connectivity index (χ3v) is 4.66. The highest BCUT2D eigenvalue weighted by molar-refractivity contribution is 7.15. The van der Waals surface area contributed by atoms with Crippen LogP contribution < -0.4 is 0 Å². The van der Waals surface area contributed by atoms with E-state index in [1.807, 2.05) is 6.20 Å². The van der Waals surface area contributed by atoms with E-state index in [-0.39, 0.29) is 0 Å². The van der Waals surface area contributed by atoms with E-state index in [0.29, 0.717) is 4.47 Å². The Labute approximate surface area is 107 Å². The third-order valence-electron chi connectivity index (χ3n) is 3.56. The van der Waals surface area contributed by atoms with Gasteiger partial charge in [-0.05, 0) is 25.8 Å². The molecule has 2 rings (SSSR count). The van der Waals surface area contributed by atoms with E-state index in [4.69, 9.17) is 11.6 Å². The van der Waals surface area contributed by atoms with Crippen LogP contribution in [0.1, 0.15) is 37.5 Å². The summed E-state index contributed by atoms with van der Waals surface area (Å²) in [6.45, 7) is 3.36. The number of nitrogens with zero attached hydrogens (tertiary/aromatic N) is 2. The molecule has 0 saturated heterocycles. The maximum atomic E-state index is 5.85. The van der Waals surface area contributed by atoms with Crippen LogP contribution in [0.25, 0.3) is 0 Å². The average molecular weight is 259 g/mol. The van der Waals surface area contributed by atoms with Crippen molar-refractivity contribution in [3.05, 3.63) is 15.5 Å². The Bertz CT molecular complexity index is 340. The summed E-state index contributed by atoms with van der Waals surface area (Å²) >= 11 is 7.44. The molecule has 1 aliphatic carbocycles. The lowest BCUT2D eigenvalue weighted by atomic mass is 9.85. The summed E-state index contributed by atoms with van der Waals surface area (Å²) in [6.07, 6.45) is 7.39. The van der Waals surface area contributed by atoms with Gasteiger partial charge in [0, 0.05) is 23.7 Å². The summed E-state index contributed by atoms with van der Waals surface area (Å²) in [5.41, 5.74) is 0. The van der Waals surface area contributed by atoms with Gasteiger partial charge in [-0.1, -0.05) is 31.4 Å². The minimum absolute atomic E-state index is 0.653. The molecule has 0 aliphatic heterocycles. The minimum Gasteiger partial charge on any atom is -0.298 e. The van der Waals surface area contributed by atoms with Gasteiger partial charge in [-0.25, -0.2) is 4.98 Å². The van der Waals surface area contributed by atoms with Crippen molar-refractivity contribution < 1.29 is 0 Å². The highest BCUT2D eigenvalue weighted by atomic mass is 35.5. The summed E-state index contributed by atoms with van der Waals surface area (Å²) < 4.78 is 0.653. The average Bonchev–Trinajstić information content (AvgIpc) is 2.64. The molecule has 0 radical (unpaired) electrons. The van der Waals surface area contributed by atoms with Crippen molar-refractivity contribution in [2.75, 3.05) is 7.05 Å². The van der Waals surface area contributed by atoms with Crippen LogP contribution in [-0.2, 0) is 6.54 Å². The smallest absolute Gasteiger partial charge is 0.183 e. The zero-order chi connectivity index (χ0) is 11.5. The Kier molecular flexibility index (Phi) is 4.22. The number of thiazole rings is 1. The topological polar surface area (TPSA) is 16.1 Å². The molecule has 0 N–H and O–H groups in total. The molecule has 16 heavy (non-hydrogen) atoms. The predicted molar refractivity (Wildman–Crippen MR) is 70.0 cm³/mol. The lowest BCUT2D eigenvalue weighted by Gasteiger charge is -2.36. The molecular weight excluding hydrogens is 240 g/mol. The van der Waals surface area contributed by atoms with E-state index in [0.717, 1.165) is 18.5 Å². The van der Waals surface area contributed by atoms with Gasteiger partial charge in [0.15, 0.2) is 4.47 Å². The largest absolute Gasteiger partial charge is 0.298 e. The van der Waals surface area contributed by atoms with E-state index in [1.54, 1.807) is 11.3 Å². The zero-order valence-electron chi connectivity index (χ0n) is 9.95. The molecule has 0 aromatic carbocycles. The van der Waals surface area contributed by atoms with E-state index >= 15 is 0 Å². The third kappa shape index (κ3) is 2.96. The number of hydrogen-bond acceptors (Lipinski definition) is 3. The lowest BCUT2D eigenvalue weighted by Crippen LogP contribution is -2.38. The van der Waals surface area contributed by atoms with Crippen LogP contribution in [0, 0.1) is 5.92 Å². The lowest BCUT2D eigenvalue weighted by molar-refractivity contribution is 0.134. The van der Waals surface area contributed by atoms with Gasteiger partial charge in [0.1, 0.15) is 0 Å². The quantitative estimate of drug-likeness (QED) is 0.820. The summed E-state index contributed by atoms with van der Waals surface area (Å²) in [4.78, 5) is 7.83. The van der Waals surface area contributed by atoms with Crippen molar-refractivity contribution in [3.63, 3.8) is 0 Å². The Hall–Kier alpha value is -0.120. The summed E-state index contributed by atoms with van der Waals surface area (Å²) in [6, 6.07) is 0.731. The van der Waals surface area contributed by atoms with Crippen molar-refractivity contribution in [3.8, 4) is 0 Å². The summed E-state index contributed by atoms with van der Waals surface area (Å²) in [5, 5.41) is 0. The first-order chi connectivity index (χ1) is 7.66. The molecule has 0 spiro atoms. The molecule has 90 valence electrons. The number of halogens is 1. The highest BCUT2D eigenvalue weighted by Gasteiger charge is 2.25. The van der Waals surface area contributed by atoms with Crippen LogP contribution >= 0.6 is 22.9 Å². The Balaban J connectivity index is 1.93. The van der Waals surface area contributed by atoms with Crippen LogP contribution in [0.4, 0.5) is 0 Å². The standard InChI is InChI=1S/C12H19ClN2S/c1-9-5-3-4-6-11(9)15(2)8-10-7-14-12(13)16-10/h7,9,11H,3-6,8H2,1-2H3. The van der Waals surface area contributed by atoms with Crippen LogP contribution in [-0.4, -0.2) is 23.0 Å². The van der Waals surface area contributed by atoms with Gasteiger partial charge in [-0.15, -0.1) is 11.3 Å². The molecular formula is C12H19ClN2S. The fourth-order valence-corrected chi connectivity index (χ4v) is 3.71. The van der Waals surface area contributed by atoms with E-state index < -0.39 is 0 Å². The maximum absolute atomic E-state index is 5.85. The van der Waals surface area contributed by atoms with Gasteiger partial charge >= 0.3 is 0 Å². The Morgan fingerprint density at radius 3 is 2.88 bits per heavy atom. The van der Waals surface area contributed by atoms with Crippen LogP contribution in [0.3, 0.4) is 0 Å². The normalized spacial score (nSPS) is 26.2. The van der Waals surface area contributed by atoms with E-state index in [1.165, 1.54) is 30.6 Å². The molecule has 4 heteroatoms. The molecule has 1 saturated carbocycles. The van der Waals surface area contributed by atoms with Crippen molar-refractivity contribution in [1.29, 1.82) is 0 Å². The van der Waals surface area contributed by atoms with Gasteiger partial charge < -0.3 is 0 Å². The molecule has 1 aromatic rings. The fraction of sp³-hybridized carbons (Fsp3) is 0.750. The molecule has 0 bridgehead atoms. The summed E-state index contributed by atoms with van der Waals surface area (Å²) in [7, 11) is 2.22. The molecule has 0 amide bonds. The summed E-state index contributed by atoms with van der Waals surface area (Å²) in [5.74, 6) is 0.821. The maximum Gasteiger partial charge on any atom is 0.183 e. The van der Waals surface area contributed by atoms with Crippen LogP contribution in [0.5, 0.6) is 0 Å². The Morgan fingerprint density at radius 1 is 1.50 bits per heavy atom. The number of aromatic nitrogens is 1. The van der Waals surface area contributed by atoms with E-state index in [2.05, 4.69) is 23.9 Å². The zero-order valence-corrected chi connectivity index (χ0v) is 11.5. The SMILES string of the molecule is CC1CCCCC1N(C)Cc1cnc(Cl)s1. The molecule has 1 aliphatic rings. The van der Waals surface area contributed by atoms with Crippen LogP contribution in [0.15, 0.2) is 6.20 Å². The second-order valence-electron chi connectivity index (χ2n) is 4.82. The fourth-order valence-electron chi connectivity index (χ4n) is 2.67. The van der Waals surface area contributed by atoms with E-state index in [9.17, 15) is 0 Å². The van der Waals surface area contributed by atoms with Gasteiger partial charge in [-0.2, -0.15) is 0 Å². The van der Waals surface area contributed by atoms with Gasteiger partial charge in [0.05, 0.1) is 0 Å². The second-order valence-corrected chi connectivity index (χ2v) is 6.52. The van der Waals surface area contributed by atoms with Crippen molar-refractivity contribution in [2.24, 2.45) is 5.92 Å². The van der Waals surface area contributed by atoms with Gasteiger partial charge in [0.2, 0.25) is 0 Å². The molecule has 2 atom stereocenters. The first-order valence-corrected chi connectivity index (χ1v) is 7.16. The molecule has 1 heterocycles. The highest BCUT2D eigenvalue weighted by Crippen LogP contribution is 2.29. The van der Waals surface area contributed by atoms with Crippen molar-refractivity contribution in [2.45, 2.75) is 45.2 Å². The molecule has 2 nitrogen and oxygen atoms in total. The molecule has 1 aromatic heterocycles. The monoisotopic (exact) mass is 258 g/mol. The van der Waals surface area contributed by atoms with Crippen molar-refractivity contribution >= 4 is 22.9 Å². The van der Waals surface area contributed by atoms with Crippen molar-refractivity contribution in [1.82, 2.24) is 9.88 Å². The van der Waals surface area contributed by atoms with Gasteiger partial charge in [-0.3, -0.25) is 4.90 Å². The molecule has 2 unspecified atom stereocenters. The van der Waals surface area contributed by atoms with Gasteiger partial charge in [0.25, 0.3) is 0 Å². The number of rotatable bonds is 3. The molecule has 1 fully saturated rings. The first-order valence-electron chi connectivity index (χ1n) is 5.97.